The Morgan fingerprint density at radius 1 is 0.909 bits per heavy atom. The standard InChI is InChI=1S/C24H37N3O6/c1-5-25-23(30)21(28)19(14-12-18-9-7-6-8-10-18)26-22(29)20(13-11-17(2)3)27-24(31)33-16-15-32-4/h6-10,17,19-20H,5,11-16H2,1-4H3,(H,25,30)(H,26,29)(H,27,31)/t19-,20-/m0/s1. The Balaban J connectivity index is 2.91. The molecule has 1 rings (SSSR count). The number of nitrogens with one attached hydrogen (secondary N) is 3. The van der Waals surface area contributed by atoms with E-state index in [4.69, 9.17) is 9.47 Å². The number of hydrogen-bond donors (Lipinski definition) is 3. The first kappa shape index (κ1) is 28.1. The molecule has 184 valence electrons. The fraction of sp³-hybridized carbons (Fsp3) is 0.583. The largest absolute Gasteiger partial charge is 0.447 e. The molecule has 1 aromatic carbocycles. The van der Waals surface area contributed by atoms with Crippen LogP contribution in [0.1, 0.15) is 45.6 Å². The highest BCUT2D eigenvalue weighted by molar-refractivity contribution is 6.38. The van der Waals surface area contributed by atoms with E-state index in [1.54, 1.807) is 6.92 Å². The van der Waals surface area contributed by atoms with Crippen molar-refractivity contribution < 1.29 is 28.7 Å². The average Bonchev–Trinajstić information content (AvgIpc) is 2.79. The zero-order valence-corrected chi connectivity index (χ0v) is 20.0. The van der Waals surface area contributed by atoms with E-state index >= 15 is 0 Å². The molecule has 1 aromatic rings. The molecular weight excluding hydrogens is 426 g/mol. The number of methoxy groups -OCH3 is 1. The number of amides is 3. The highest BCUT2D eigenvalue weighted by atomic mass is 16.6. The van der Waals surface area contributed by atoms with Gasteiger partial charge in [-0.15, -0.1) is 0 Å². The van der Waals surface area contributed by atoms with E-state index in [0.29, 0.717) is 31.7 Å². The van der Waals surface area contributed by atoms with Crippen molar-refractivity contribution in [1.29, 1.82) is 0 Å². The van der Waals surface area contributed by atoms with Gasteiger partial charge in [0, 0.05) is 13.7 Å². The second-order valence-corrected chi connectivity index (χ2v) is 8.11. The molecule has 9 heteroatoms. The maximum atomic E-state index is 13.0. The fourth-order valence-corrected chi connectivity index (χ4v) is 3.07. The second kappa shape index (κ2) is 15.8. The van der Waals surface area contributed by atoms with Crippen molar-refractivity contribution in [3.8, 4) is 0 Å². The van der Waals surface area contributed by atoms with Crippen molar-refractivity contribution in [3.05, 3.63) is 35.9 Å². The zero-order valence-electron chi connectivity index (χ0n) is 20.0. The molecule has 3 N–H and O–H groups in total. The number of ketones is 1. The molecule has 33 heavy (non-hydrogen) atoms. The van der Waals surface area contributed by atoms with E-state index in [1.807, 2.05) is 44.2 Å². The van der Waals surface area contributed by atoms with E-state index in [1.165, 1.54) is 7.11 Å². The van der Waals surface area contributed by atoms with Gasteiger partial charge in [-0.05, 0) is 44.1 Å². The minimum Gasteiger partial charge on any atom is -0.447 e. The number of benzene rings is 1. The molecule has 0 bridgehead atoms. The van der Waals surface area contributed by atoms with E-state index in [9.17, 15) is 19.2 Å². The van der Waals surface area contributed by atoms with Gasteiger partial charge in [0.1, 0.15) is 12.6 Å². The molecule has 0 aromatic heterocycles. The van der Waals surface area contributed by atoms with Crippen LogP contribution in [-0.2, 0) is 30.3 Å². The topological polar surface area (TPSA) is 123 Å². The van der Waals surface area contributed by atoms with Gasteiger partial charge >= 0.3 is 6.09 Å². The van der Waals surface area contributed by atoms with Crippen LogP contribution in [0.4, 0.5) is 4.79 Å². The lowest BCUT2D eigenvalue weighted by atomic mass is 9.99. The van der Waals surface area contributed by atoms with Gasteiger partial charge in [-0.2, -0.15) is 0 Å². The summed E-state index contributed by atoms with van der Waals surface area (Å²) >= 11 is 0. The molecule has 0 saturated carbocycles. The quantitative estimate of drug-likeness (QED) is 0.270. The van der Waals surface area contributed by atoms with Crippen LogP contribution in [0.15, 0.2) is 30.3 Å². The van der Waals surface area contributed by atoms with Crippen molar-refractivity contribution in [2.75, 3.05) is 26.9 Å². The van der Waals surface area contributed by atoms with Crippen LogP contribution in [0.2, 0.25) is 0 Å². The van der Waals surface area contributed by atoms with Crippen LogP contribution >= 0.6 is 0 Å². The third-order valence-electron chi connectivity index (χ3n) is 4.92. The molecule has 0 unspecified atom stereocenters. The summed E-state index contributed by atoms with van der Waals surface area (Å²) in [5.74, 6) is -1.69. The Labute approximate surface area is 196 Å². The molecule has 0 radical (unpaired) electrons. The number of carbonyl (C=O) groups excluding carboxylic acids is 4. The highest BCUT2D eigenvalue weighted by Gasteiger charge is 2.30. The zero-order chi connectivity index (χ0) is 24.6. The van der Waals surface area contributed by atoms with Crippen LogP contribution < -0.4 is 16.0 Å². The Kier molecular flexibility index (Phi) is 13.4. The van der Waals surface area contributed by atoms with Gasteiger partial charge in [-0.1, -0.05) is 44.2 Å². The summed E-state index contributed by atoms with van der Waals surface area (Å²) in [6.45, 7) is 6.31. The third-order valence-corrected chi connectivity index (χ3v) is 4.92. The fourth-order valence-electron chi connectivity index (χ4n) is 3.07. The summed E-state index contributed by atoms with van der Waals surface area (Å²) in [4.78, 5) is 50.0. The molecule has 0 saturated heterocycles. The van der Waals surface area contributed by atoms with Crippen molar-refractivity contribution in [1.82, 2.24) is 16.0 Å². The maximum absolute atomic E-state index is 13.0. The van der Waals surface area contributed by atoms with E-state index in [2.05, 4.69) is 16.0 Å². The lowest BCUT2D eigenvalue weighted by Gasteiger charge is -2.23. The van der Waals surface area contributed by atoms with Crippen LogP contribution in [-0.4, -0.2) is 62.6 Å². The lowest BCUT2D eigenvalue weighted by Crippen LogP contribution is -2.54. The number of likely N-dealkylation sites (N-methyl/N-ethyl adjacent to an activating group) is 1. The first-order valence-corrected chi connectivity index (χ1v) is 11.4. The molecule has 3 amide bonds. The Hall–Kier alpha value is -2.94. The minimum atomic E-state index is -1.02. The van der Waals surface area contributed by atoms with Gasteiger partial charge in [0.25, 0.3) is 5.91 Å². The molecule has 2 atom stereocenters. The van der Waals surface area contributed by atoms with E-state index in [-0.39, 0.29) is 19.6 Å². The monoisotopic (exact) mass is 463 g/mol. The number of carbonyl (C=O) groups is 4. The van der Waals surface area contributed by atoms with Gasteiger partial charge in [-0.3, -0.25) is 14.4 Å². The number of Topliss-reactive ketones (excluding diaryl/α,β-unsaturated/α-hetero) is 1. The maximum Gasteiger partial charge on any atom is 0.407 e. The molecule has 0 aliphatic heterocycles. The van der Waals surface area contributed by atoms with Gasteiger partial charge in [0.05, 0.1) is 12.6 Å². The van der Waals surface area contributed by atoms with Crippen molar-refractivity contribution in [2.45, 2.75) is 58.5 Å². The van der Waals surface area contributed by atoms with Gasteiger partial charge < -0.3 is 25.4 Å². The van der Waals surface area contributed by atoms with Crippen LogP contribution in [0, 0.1) is 5.92 Å². The van der Waals surface area contributed by atoms with Crippen molar-refractivity contribution in [3.63, 3.8) is 0 Å². The Bertz CT molecular complexity index is 754. The predicted octanol–water partition coefficient (Wildman–Crippen LogP) is 1.99. The summed E-state index contributed by atoms with van der Waals surface area (Å²) < 4.78 is 9.86. The van der Waals surface area contributed by atoms with Crippen LogP contribution in [0.3, 0.4) is 0 Å². The summed E-state index contributed by atoms with van der Waals surface area (Å²) in [6.07, 6.45) is 1.05. The number of hydrogen-bond acceptors (Lipinski definition) is 6. The van der Waals surface area contributed by atoms with Crippen molar-refractivity contribution >= 4 is 23.7 Å². The average molecular weight is 464 g/mol. The SMILES string of the molecule is CCNC(=O)C(=O)[C@H](CCc1ccccc1)NC(=O)[C@H](CCC(C)C)NC(=O)OCCOC. The third kappa shape index (κ3) is 11.5. The summed E-state index contributed by atoms with van der Waals surface area (Å²) in [5, 5.41) is 7.73. The van der Waals surface area contributed by atoms with Gasteiger partial charge in [-0.25, -0.2) is 4.79 Å². The molecule has 0 aliphatic rings. The van der Waals surface area contributed by atoms with Gasteiger partial charge in [0.15, 0.2) is 0 Å². The van der Waals surface area contributed by atoms with Crippen molar-refractivity contribution in [2.24, 2.45) is 5.92 Å². The molecular formula is C24H37N3O6. The second-order valence-electron chi connectivity index (χ2n) is 8.11. The first-order valence-electron chi connectivity index (χ1n) is 11.4. The molecule has 9 nitrogen and oxygen atoms in total. The molecule has 0 heterocycles. The molecule has 0 spiro atoms. The summed E-state index contributed by atoms with van der Waals surface area (Å²) in [7, 11) is 1.49. The number of ether oxygens (including phenoxy) is 2. The lowest BCUT2D eigenvalue weighted by molar-refractivity contribution is -0.140. The van der Waals surface area contributed by atoms with Crippen LogP contribution in [0.25, 0.3) is 0 Å². The number of alkyl carbamates (subject to hydrolysis) is 1. The number of rotatable bonds is 15. The highest BCUT2D eigenvalue weighted by Crippen LogP contribution is 2.10. The normalized spacial score (nSPS) is 12.5. The minimum absolute atomic E-state index is 0.0518. The van der Waals surface area contributed by atoms with E-state index < -0.39 is 35.8 Å². The van der Waals surface area contributed by atoms with Crippen LogP contribution in [0.5, 0.6) is 0 Å². The molecule has 0 aliphatic carbocycles. The van der Waals surface area contributed by atoms with E-state index in [0.717, 1.165) is 5.56 Å². The Morgan fingerprint density at radius 3 is 2.21 bits per heavy atom. The first-order chi connectivity index (χ1) is 15.8. The summed E-state index contributed by atoms with van der Waals surface area (Å²) in [6, 6.07) is 7.57. The molecule has 0 fully saturated rings. The summed E-state index contributed by atoms with van der Waals surface area (Å²) in [5.41, 5.74) is 0.983. The predicted molar refractivity (Wildman–Crippen MR) is 125 cm³/mol. The number of aryl methyl sites for hydroxylation is 1. The van der Waals surface area contributed by atoms with Gasteiger partial charge in [0.2, 0.25) is 11.7 Å². The smallest absolute Gasteiger partial charge is 0.407 e. The Morgan fingerprint density at radius 2 is 1.61 bits per heavy atom.